The molecule has 0 aromatic heterocycles. The Morgan fingerprint density at radius 3 is 2.06 bits per heavy atom. The predicted octanol–water partition coefficient (Wildman–Crippen LogP) is 3.88. The van der Waals surface area contributed by atoms with Gasteiger partial charge in [-0.15, -0.1) is 0 Å². The molecular weight excluding hydrogens is 210 g/mol. The molecule has 1 aliphatic rings. The van der Waals surface area contributed by atoms with Crippen molar-refractivity contribution in [3.8, 4) is 0 Å². The van der Waals surface area contributed by atoms with E-state index < -0.39 is 0 Å². The first-order valence-corrected chi connectivity index (χ1v) is 7.36. The Morgan fingerprint density at radius 1 is 1.12 bits per heavy atom. The van der Waals surface area contributed by atoms with Gasteiger partial charge in [-0.2, -0.15) is 0 Å². The summed E-state index contributed by atoms with van der Waals surface area (Å²) in [6.07, 6.45) is 9.47. The van der Waals surface area contributed by atoms with Gasteiger partial charge in [-0.05, 0) is 24.7 Å². The Balaban J connectivity index is 2.58. The SMILES string of the molecule is CCC(N)C(OC1CCCCCC1)C(C)(C)C. The van der Waals surface area contributed by atoms with E-state index in [0.717, 1.165) is 6.42 Å². The topological polar surface area (TPSA) is 35.2 Å². The lowest BCUT2D eigenvalue weighted by Gasteiger charge is -2.37. The van der Waals surface area contributed by atoms with E-state index in [0.29, 0.717) is 6.10 Å². The molecule has 0 bridgehead atoms. The Bertz CT molecular complexity index is 201. The van der Waals surface area contributed by atoms with Crippen LogP contribution in [0.2, 0.25) is 0 Å². The summed E-state index contributed by atoms with van der Waals surface area (Å²) < 4.78 is 6.36. The van der Waals surface area contributed by atoms with Crippen molar-refractivity contribution in [3.05, 3.63) is 0 Å². The zero-order chi connectivity index (χ0) is 12.9. The van der Waals surface area contributed by atoms with Crippen LogP contribution >= 0.6 is 0 Å². The lowest BCUT2D eigenvalue weighted by atomic mass is 9.83. The summed E-state index contributed by atoms with van der Waals surface area (Å²) in [5, 5.41) is 0. The van der Waals surface area contributed by atoms with Crippen molar-refractivity contribution < 1.29 is 4.74 Å². The molecule has 0 heterocycles. The number of ether oxygens (including phenoxy) is 1. The lowest BCUT2D eigenvalue weighted by Crippen LogP contribution is -2.46. The average molecular weight is 241 g/mol. The van der Waals surface area contributed by atoms with Gasteiger partial charge in [0.1, 0.15) is 0 Å². The molecule has 17 heavy (non-hydrogen) atoms. The van der Waals surface area contributed by atoms with Crippen LogP contribution in [-0.4, -0.2) is 18.2 Å². The number of nitrogens with two attached hydrogens (primary N) is 1. The molecule has 2 unspecified atom stereocenters. The van der Waals surface area contributed by atoms with E-state index in [2.05, 4.69) is 27.7 Å². The molecule has 2 heteroatoms. The van der Waals surface area contributed by atoms with Crippen LogP contribution in [0.25, 0.3) is 0 Å². The molecule has 1 saturated carbocycles. The quantitative estimate of drug-likeness (QED) is 0.758. The number of rotatable bonds is 4. The van der Waals surface area contributed by atoms with Crippen molar-refractivity contribution in [2.45, 2.75) is 90.9 Å². The summed E-state index contributed by atoms with van der Waals surface area (Å²) in [6, 6.07) is 0.165. The zero-order valence-electron chi connectivity index (χ0n) is 12.2. The molecule has 0 aliphatic heterocycles. The third-order valence-corrected chi connectivity index (χ3v) is 3.86. The molecule has 102 valence electrons. The average Bonchev–Trinajstić information content (AvgIpc) is 2.51. The van der Waals surface area contributed by atoms with Crippen molar-refractivity contribution in [3.63, 3.8) is 0 Å². The molecule has 2 N–H and O–H groups in total. The highest BCUT2D eigenvalue weighted by Crippen LogP contribution is 2.30. The maximum Gasteiger partial charge on any atom is 0.0777 e. The van der Waals surface area contributed by atoms with Crippen LogP contribution in [0.15, 0.2) is 0 Å². The molecule has 0 aromatic rings. The third kappa shape index (κ3) is 4.97. The molecule has 0 amide bonds. The van der Waals surface area contributed by atoms with Gasteiger partial charge in [-0.3, -0.25) is 0 Å². The summed E-state index contributed by atoms with van der Waals surface area (Å²) in [7, 11) is 0. The molecule has 0 aromatic carbocycles. The van der Waals surface area contributed by atoms with Gasteiger partial charge in [0.25, 0.3) is 0 Å². The van der Waals surface area contributed by atoms with E-state index in [1.54, 1.807) is 0 Å². The highest BCUT2D eigenvalue weighted by atomic mass is 16.5. The minimum absolute atomic E-state index is 0.141. The highest BCUT2D eigenvalue weighted by Gasteiger charge is 2.32. The van der Waals surface area contributed by atoms with E-state index >= 15 is 0 Å². The Labute approximate surface area is 107 Å². The molecule has 2 atom stereocenters. The van der Waals surface area contributed by atoms with Gasteiger partial charge in [0.2, 0.25) is 0 Å². The van der Waals surface area contributed by atoms with E-state index in [-0.39, 0.29) is 17.6 Å². The van der Waals surface area contributed by atoms with Gasteiger partial charge in [-0.1, -0.05) is 53.4 Å². The summed E-state index contributed by atoms with van der Waals surface area (Å²) in [5.41, 5.74) is 6.38. The second-order valence-electron chi connectivity index (χ2n) is 6.61. The first-order valence-electron chi connectivity index (χ1n) is 7.36. The lowest BCUT2D eigenvalue weighted by molar-refractivity contribution is -0.0836. The summed E-state index contributed by atoms with van der Waals surface area (Å²) in [4.78, 5) is 0. The van der Waals surface area contributed by atoms with Crippen LogP contribution in [0.1, 0.15) is 72.6 Å². The van der Waals surface area contributed by atoms with Crippen molar-refractivity contribution in [2.24, 2.45) is 11.1 Å². The van der Waals surface area contributed by atoms with Crippen LogP contribution in [0, 0.1) is 5.41 Å². The van der Waals surface area contributed by atoms with E-state index in [1.807, 2.05) is 0 Å². The highest BCUT2D eigenvalue weighted by molar-refractivity contribution is 4.85. The van der Waals surface area contributed by atoms with Crippen LogP contribution < -0.4 is 5.73 Å². The largest absolute Gasteiger partial charge is 0.373 e. The van der Waals surface area contributed by atoms with Crippen molar-refractivity contribution >= 4 is 0 Å². The minimum atomic E-state index is 0.141. The summed E-state index contributed by atoms with van der Waals surface area (Å²) in [6.45, 7) is 8.87. The summed E-state index contributed by atoms with van der Waals surface area (Å²) in [5.74, 6) is 0. The maximum absolute atomic E-state index is 6.36. The van der Waals surface area contributed by atoms with Gasteiger partial charge in [0.15, 0.2) is 0 Å². The van der Waals surface area contributed by atoms with Gasteiger partial charge in [0.05, 0.1) is 12.2 Å². The molecular formula is C15H31NO. The second-order valence-corrected chi connectivity index (χ2v) is 6.61. The smallest absolute Gasteiger partial charge is 0.0777 e. The molecule has 0 radical (unpaired) electrons. The normalized spacial score (nSPS) is 23.1. The minimum Gasteiger partial charge on any atom is -0.373 e. The second kappa shape index (κ2) is 6.75. The Morgan fingerprint density at radius 2 is 1.65 bits per heavy atom. The Hall–Kier alpha value is -0.0800. The molecule has 0 saturated heterocycles. The van der Waals surface area contributed by atoms with Crippen molar-refractivity contribution in [2.75, 3.05) is 0 Å². The van der Waals surface area contributed by atoms with Gasteiger partial charge in [0, 0.05) is 6.04 Å². The van der Waals surface area contributed by atoms with Crippen LogP contribution in [0.4, 0.5) is 0 Å². The summed E-state index contributed by atoms with van der Waals surface area (Å²) >= 11 is 0. The fourth-order valence-electron chi connectivity index (χ4n) is 2.75. The fraction of sp³-hybridized carbons (Fsp3) is 1.00. The van der Waals surface area contributed by atoms with Crippen molar-refractivity contribution in [1.82, 2.24) is 0 Å². The molecule has 1 rings (SSSR count). The Kier molecular flexibility index (Phi) is 5.94. The first kappa shape index (κ1) is 15.0. The molecule has 2 nitrogen and oxygen atoms in total. The number of hydrogen-bond acceptors (Lipinski definition) is 2. The van der Waals surface area contributed by atoms with Gasteiger partial charge >= 0.3 is 0 Å². The van der Waals surface area contributed by atoms with Crippen LogP contribution in [-0.2, 0) is 4.74 Å². The fourth-order valence-corrected chi connectivity index (χ4v) is 2.75. The molecule has 1 aliphatic carbocycles. The maximum atomic E-state index is 6.36. The van der Waals surface area contributed by atoms with Crippen LogP contribution in [0.3, 0.4) is 0 Å². The molecule has 1 fully saturated rings. The standard InChI is InChI=1S/C15H31NO/c1-5-13(16)14(15(2,3)4)17-12-10-8-6-7-9-11-12/h12-14H,5-11,16H2,1-4H3. The van der Waals surface area contributed by atoms with E-state index in [1.165, 1.54) is 38.5 Å². The van der Waals surface area contributed by atoms with Crippen LogP contribution in [0.5, 0.6) is 0 Å². The third-order valence-electron chi connectivity index (χ3n) is 3.86. The monoisotopic (exact) mass is 241 g/mol. The van der Waals surface area contributed by atoms with Crippen molar-refractivity contribution in [1.29, 1.82) is 0 Å². The van der Waals surface area contributed by atoms with E-state index in [4.69, 9.17) is 10.5 Å². The first-order chi connectivity index (χ1) is 7.95. The van der Waals surface area contributed by atoms with Gasteiger partial charge < -0.3 is 10.5 Å². The zero-order valence-corrected chi connectivity index (χ0v) is 12.2. The number of hydrogen-bond donors (Lipinski definition) is 1. The van der Waals surface area contributed by atoms with E-state index in [9.17, 15) is 0 Å². The molecule has 0 spiro atoms. The van der Waals surface area contributed by atoms with Gasteiger partial charge in [-0.25, -0.2) is 0 Å². The predicted molar refractivity (Wildman–Crippen MR) is 74.1 cm³/mol.